The number of aromatic nitrogens is 1. The lowest BCUT2D eigenvalue weighted by Gasteiger charge is -2.19. The Morgan fingerprint density at radius 3 is 2.38 bits per heavy atom. The van der Waals surface area contributed by atoms with Crippen LogP contribution in [0, 0.1) is 20.8 Å². The van der Waals surface area contributed by atoms with Crippen LogP contribution in [0.4, 0.5) is 0 Å². The zero-order chi connectivity index (χ0) is 17.9. The second-order valence-electron chi connectivity index (χ2n) is 6.63. The summed E-state index contributed by atoms with van der Waals surface area (Å²) in [5, 5.41) is 0. The molecule has 2 rings (SSSR count). The SMILES string of the molecule is CCCN(C)C(=O)c1c(C)c(CC)c(C)n1Cc1ccccc1C. The van der Waals surface area contributed by atoms with Gasteiger partial charge in [-0.25, -0.2) is 0 Å². The second kappa shape index (κ2) is 7.69. The third-order valence-electron chi connectivity index (χ3n) is 4.97. The predicted molar refractivity (Wildman–Crippen MR) is 101 cm³/mol. The normalized spacial score (nSPS) is 10.9. The third-order valence-corrected chi connectivity index (χ3v) is 4.97. The minimum Gasteiger partial charge on any atom is -0.340 e. The minimum absolute atomic E-state index is 0.130. The van der Waals surface area contributed by atoms with Gasteiger partial charge in [-0.1, -0.05) is 38.1 Å². The van der Waals surface area contributed by atoms with Crippen LogP contribution in [-0.4, -0.2) is 29.0 Å². The maximum atomic E-state index is 13.0. The Balaban J connectivity index is 2.53. The molecule has 0 aliphatic carbocycles. The van der Waals surface area contributed by atoms with Crippen molar-refractivity contribution in [2.24, 2.45) is 0 Å². The molecule has 24 heavy (non-hydrogen) atoms. The van der Waals surface area contributed by atoms with E-state index in [1.54, 1.807) is 0 Å². The number of amides is 1. The highest BCUT2D eigenvalue weighted by atomic mass is 16.2. The van der Waals surface area contributed by atoms with Crippen LogP contribution in [0.1, 0.15) is 58.7 Å². The molecule has 3 nitrogen and oxygen atoms in total. The molecule has 0 saturated heterocycles. The van der Waals surface area contributed by atoms with Crippen molar-refractivity contribution in [2.75, 3.05) is 13.6 Å². The topological polar surface area (TPSA) is 25.2 Å². The summed E-state index contributed by atoms with van der Waals surface area (Å²) in [4.78, 5) is 14.9. The molecule has 0 bridgehead atoms. The lowest BCUT2D eigenvalue weighted by molar-refractivity contribution is 0.0784. The summed E-state index contributed by atoms with van der Waals surface area (Å²) >= 11 is 0. The fourth-order valence-electron chi connectivity index (χ4n) is 3.52. The van der Waals surface area contributed by atoms with Gasteiger partial charge in [0, 0.05) is 25.8 Å². The van der Waals surface area contributed by atoms with Crippen molar-refractivity contribution in [2.45, 2.75) is 54.0 Å². The van der Waals surface area contributed by atoms with Crippen LogP contribution in [0.15, 0.2) is 24.3 Å². The monoisotopic (exact) mass is 326 g/mol. The predicted octanol–water partition coefficient (Wildman–Crippen LogP) is 4.51. The van der Waals surface area contributed by atoms with E-state index in [4.69, 9.17) is 0 Å². The van der Waals surface area contributed by atoms with Gasteiger partial charge in [-0.05, 0) is 55.9 Å². The average Bonchev–Trinajstić information content (AvgIpc) is 2.79. The Kier molecular flexibility index (Phi) is 5.87. The number of nitrogens with zero attached hydrogens (tertiary/aromatic N) is 2. The van der Waals surface area contributed by atoms with Crippen LogP contribution in [-0.2, 0) is 13.0 Å². The van der Waals surface area contributed by atoms with Crippen molar-refractivity contribution in [3.05, 3.63) is 57.9 Å². The number of carbonyl (C=O) groups excluding carboxylic acids is 1. The van der Waals surface area contributed by atoms with Gasteiger partial charge in [-0.15, -0.1) is 0 Å². The van der Waals surface area contributed by atoms with Crippen LogP contribution in [0.25, 0.3) is 0 Å². The summed E-state index contributed by atoms with van der Waals surface area (Å²) in [6, 6.07) is 8.41. The molecule has 0 fully saturated rings. The Morgan fingerprint density at radius 2 is 1.79 bits per heavy atom. The average molecular weight is 326 g/mol. The van der Waals surface area contributed by atoms with Gasteiger partial charge >= 0.3 is 0 Å². The van der Waals surface area contributed by atoms with Gasteiger partial charge in [0.2, 0.25) is 0 Å². The molecule has 0 spiro atoms. The number of benzene rings is 1. The fourth-order valence-corrected chi connectivity index (χ4v) is 3.52. The standard InChI is InChI=1S/C21H30N2O/c1-7-13-22(6)21(24)20-16(4)19(8-2)17(5)23(20)14-18-12-10-9-11-15(18)3/h9-12H,7-8,13-14H2,1-6H3. The number of hydrogen-bond acceptors (Lipinski definition) is 1. The first-order chi connectivity index (χ1) is 11.4. The molecule has 0 unspecified atom stereocenters. The van der Waals surface area contributed by atoms with E-state index in [2.05, 4.69) is 63.5 Å². The molecule has 1 aromatic carbocycles. The Morgan fingerprint density at radius 1 is 1.12 bits per heavy atom. The lowest BCUT2D eigenvalue weighted by atomic mass is 10.1. The molecule has 0 aliphatic rings. The molecule has 0 radical (unpaired) electrons. The van der Waals surface area contributed by atoms with Crippen molar-refractivity contribution in [1.82, 2.24) is 9.47 Å². The van der Waals surface area contributed by atoms with Gasteiger partial charge in [0.25, 0.3) is 5.91 Å². The summed E-state index contributed by atoms with van der Waals surface area (Å²) in [5.74, 6) is 0.130. The minimum atomic E-state index is 0.130. The van der Waals surface area contributed by atoms with Crippen LogP contribution in [0.5, 0.6) is 0 Å². The van der Waals surface area contributed by atoms with Crippen molar-refractivity contribution in [1.29, 1.82) is 0 Å². The van der Waals surface area contributed by atoms with Crippen LogP contribution in [0.2, 0.25) is 0 Å². The Hall–Kier alpha value is -2.03. The summed E-state index contributed by atoms with van der Waals surface area (Å²) in [5.41, 5.74) is 7.04. The van der Waals surface area contributed by atoms with Crippen molar-refractivity contribution in [3.63, 3.8) is 0 Å². The molecular formula is C21H30N2O. The molecule has 0 aliphatic heterocycles. The number of aryl methyl sites for hydroxylation is 1. The Bertz CT molecular complexity index is 728. The zero-order valence-electron chi connectivity index (χ0n) is 15.9. The quantitative estimate of drug-likeness (QED) is 0.767. The first-order valence-corrected chi connectivity index (χ1v) is 8.90. The van der Waals surface area contributed by atoms with E-state index in [1.807, 2.05) is 11.9 Å². The van der Waals surface area contributed by atoms with E-state index in [1.165, 1.54) is 22.4 Å². The highest BCUT2D eigenvalue weighted by Crippen LogP contribution is 2.25. The largest absolute Gasteiger partial charge is 0.340 e. The van der Waals surface area contributed by atoms with E-state index >= 15 is 0 Å². The molecule has 3 heteroatoms. The molecular weight excluding hydrogens is 296 g/mol. The van der Waals surface area contributed by atoms with Gasteiger partial charge in [-0.3, -0.25) is 4.79 Å². The molecule has 0 saturated carbocycles. The van der Waals surface area contributed by atoms with Gasteiger partial charge in [0.15, 0.2) is 0 Å². The highest BCUT2D eigenvalue weighted by molar-refractivity contribution is 5.94. The van der Waals surface area contributed by atoms with Crippen molar-refractivity contribution >= 4 is 5.91 Å². The summed E-state index contributed by atoms with van der Waals surface area (Å²) in [6.07, 6.45) is 1.93. The van der Waals surface area contributed by atoms with E-state index in [-0.39, 0.29) is 5.91 Å². The van der Waals surface area contributed by atoms with E-state index in [0.717, 1.165) is 37.2 Å². The third kappa shape index (κ3) is 3.40. The lowest BCUT2D eigenvalue weighted by Crippen LogP contribution is -2.30. The van der Waals surface area contributed by atoms with E-state index in [0.29, 0.717) is 0 Å². The van der Waals surface area contributed by atoms with Crippen molar-refractivity contribution < 1.29 is 4.79 Å². The Labute approximate surface area is 146 Å². The van der Waals surface area contributed by atoms with Gasteiger partial charge < -0.3 is 9.47 Å². The van der Waals surface area contributed by atoms with Crippen LogP contribution < -0.4 is 0 Å². The van der Waals surface area contributed by atoms with Crippen LogP contribution in [0.3, 0.4) is 0 Å². The van der Waals surface area contributed by atoms with Gasteiger partial charge in [0.05, 0.1) is 0 Å². The molecule has 0 N–H and O–H groups in total. The second-order valence-corrected chi connectivity index (χ2v) is 6.63. The molecule has 2 aromatic rings. The van der Waals surface area contributed by atoms with E-state index in [9.17, 15) is 4.79 Å². The number of carbonyl (C=O) groups is 1. The molecule has 1 aromatic heterocycles. The van der Waals surface area contributed by atoms with Gasteiger partial charge in [-0.2, -0.15) is 0 Å². The maximum Gasteiger partial charge on any atom is 0.270 e. The first-order valence-electron chi connectivity index (χ1n) is 8.90. The molecule has 1 amide bonds. The fraction of sp³-hybridized carbons (Fsp3) is 0.476. The zero-order valence-corrected chi connectivity index (χ0v) is 15.9. The van der Waals surface area contributed by atoms with E-state index < -0.39 is 0 Å². The maximum absolute atomic E-state index is 13.0. The molecule has 130 valence electrons. The van der Waals surface area contributed by atoms with Gasteiger partial charge in [0.1, 0.15) is 5.69 Å². The highest BCUT2D eigenvalue weighted by Gasteiger charge is 2.24. The molecule has 1 heterocycles. The first kappa shape index (κ1) is 18.3. The number of hydrogen-bond donors (Lipinski definition) is 0. The summed E-state index contributed by atoms with van der Waals surface area (Å²) < 4.78 is 2.21. The van der Waals surface area contributed by atoms with Crippen LogP contribution >= 0.6 is 0 Å². The summed E-state index contributed by atoms with van der Waals surface area (Å²) in [6.45, 7) is 12.2. The summed E-state index contributed by atoms with van der Waals surface area (Å²) in [7, 11) is 1.90. The number of rotatable bonds is 6. The van der Waals surface area contributed by atoms with Crippen molar-refractivity contribution in [3.8, 4) is 0 Å². The molecule has 0 atom stereocenters. The smallest absolute Gasteiger partial charge is 0.270 e.